The van der Waals surface area contributed by atoms with Gasteiger partial charge in [-0.2, -0.15) is 8.42 Å². The van der Waals surface area contributed by atoms with Crippen molar-refractivity contribution in [2.45, 2.75) is 45.1 Å². The predicted molar refractivity (Wildman–Crippen MR) is 122 cm³/mol. The molecule has 2 aliphatic heterocycles. The van der Waals surface area contributed by atoms with Crippen LogP contribution in [0.25, 0.3) is 0 Å². The number of fused-ring (bicyclic) bond motifs is 1. The summed E-state index contributed by atoms with van der Waals surface area (Å²) in [4.78, 5) is 15.6. The number of rotatable bonds is 4. The molecule has 32 heavy (non-hydrogen) atoms. The third-order valence-corrected chi connectivity index (χ3v) is 8.39. The van der Waals surface area contributed by atoms with Crippen LogP contribution in [0.1, 0.15) is 44.6 Å². The Kier molecular flexibility index (Phi) is 6.20. The van der Waals surface area contributed by atoms with Crippen molar-refractivity contribution >= 4 is 21.8 Å². The molecule has 1 aliphatic carbocycles. The first-order valence-corrected chi connectivity index (χ1v) is 12.5. The highest BCUT2D eigenvalue weighted by Gasteiger charge is 2.42. The maximum absolute atomic E-state index is 13.7. The van der Waals surface area contributed by atoms with E-state index in [1.807, 2.05) is 4.90 Å². The molecule has 1 aromatic carbocycles. The highest BCUT2D eigenvalue weighted by Crippen LogP contribution is 2.40. The van der Waals surface area contributed by atoms with Gasteiger partial charge < -0.3 is 14.4 Å². The average Bonchev–Trinajstić information content (AvgIpc) is 2.80. The van der Waals surface area contributed by atoms with Crippen LogP contribution in [0.4, 0.5) is 0 Å². The molecule has 2 heterocycles. The number of nitrogens with zero attached hydrogens (tertiary/aromatic N) is 3. The Morgan fingerprint density at radius 3 is 2.53 bits per heavy atom. The molecule has 4 rings (SSSR count). The molecule has 0 bridgehead atoms. The third-order valence-electron chi connectivity index (χ3n) is 7.07. The van der Waals surface area contributed by atoms with Gasteiger partial charge in [0.15, 0.2) is 11.5 Å². The summed E-state index contributed by atoms with van der Waals surface area (Å²) in [5, 5.41) is 0. The van der Waals surface area contributed by atoms with Crippen LogP contribution in [0.5, 0.6) is 11.5 Å². The van der Waals surface area contributed by atoms with E-state index in [-0.39, 0.29) is 23.4 Å². The average molecular weight is 462 g/mol. The van der Waals surface area contributed by atoms with Crippen LogP contribution in [0, 0.1) is 11.8 Å². The standard InChI is InChI=1S/C23H31N3O5S/c1-15-11-12-26(19-8-6-5-7-17(15)19)23(27)20-14-18(24-32(28,29)25(20)2)16-9-10-21(30-3)22(13-16)31-4/h9-10,13-15,17,19H,5-8,11-12H2,1-4H3/t15-,17-,19-/m0/s1. The number of likely N-dealkylation sites (N-methyl/N-ethyl adjacent to an activating group) is 1. The maximum atomic E-state index is 13.7. The number of likely N-dealkylation sites (tertiary alicyclic amines) is 1. The van der Waals surface area contributed by atoms with E-state index in [2.05, 4.69) is 11.3 Å². The van der Waals surface area contributed by atoms with Gasteiger partial charge in [0, 0.05) is 25.2 Å². The van der Waals surface area contributed by atoms with Crippen molar-refractivity contribution in [2.75, 3.05) is 27.8 Å². The molecule has 1 amide bonds. The predicted octanol–water partition coefficient (Wildman–Crippen LogP) is 2.99. The SMILES string of the molecule is COc1ccc(C2=NS(=O)(=O)N(C)C(C(=O)N3CC[C@H](C)[C@@H]4CCCC[C@@H]43)=C2)cc1OC. The second kappa shape index (κ2) is 8.77. The maximum Gasteiger partial charge on any atom is 0.345 e. The van der Waals surface area contributed by atoms with Crippen LogP contribution in [0.2, 0.25) is 0 Å². The summed E-state index contributed by atoms with van der Waals surface area (Å²) >= 11 is 0. The normalized spacial score (nSPS) is 27.2. The number of carbonyl (C=O) groups excluding carboxylic acids is 1. The van der Waals surface area contributed by atoms with Gasteiger partial charge in [-0.1, -0.05) is 19.8 Å². The minimum absolute atomic E-state index is 0.128. The molecule has 0 radical (unpaired) electrons. The zero-order chi connectivity index (χ0) is 23.0. The molecule has 9 heteroatoms. The number of amides is 1. The number of methoxy groups -OCH3 is 2. The summed E-state index contributed by atoms with van der Waals surface area (Å²) in [5.74, 6) is 1.80. The fourth-order valence-corrected chi connectivity index (χ4v) is 6.11. The first kappa shape index (κ1) is 22.6. The molecule has 174 valence electrons. The third kappa shape index (κ3) is 3.98. The Hall–Kier alpha value is -2.55. The van der Waals surface area contributed by atoms with Crippen molar-refractivity contribution in [2.24, 2.45) is 16.2 Å². The van der Waals surface area contributed by atoms with Crippen LogP contribution in [0.3, 0.4) is 0 Å². The van der Waals surface area contributed by atoms with E-state index in [4.69, 9.17) is 9.47 Å². The smallest absolute Gasteiger partial charge is 0.345 e. The second-order valence-corrected chi connectivity index (χ2v) is 10.4. The zero-order valence-electron chi connectivity index (χ0n) is 19.1. The molecule has 0 spiro atoms. The quantitative estimate of drug-likeness (QED) is 0.688. The van der Waals surface area contributed by atoms with E-state index in [0.717, 1.165) is 30.0 Å². The van der Waals surface area contributed by atoms with E-state index in [1.54, 1.807) is 24.3 Å². The number of ether oxygens (including phenoxy) is 2. The van der Waals surface area contributed by atoms with E-state index >= 15 is 0 Å². The molecule has 3 atom stereocenters. The van der Waals surface area contributed by atoms with Gasteiger partial charge in [-0.3, -0.25) is 4.79 Å². The molecule has 3 aliphatic rings. The molecule has 1 saturated heterocycles. The molecular formula is C23H31N3O5S. The Morgan fingerprint density at radius 2 is 1.81 bits per heavy atom. The molecule has 2 fully saturated rings. The van der Waals surface area contributed by atoms with Crippen LogP contribution in [0.15, 0.2) is 34.4 Å². The lowest BCUT2D eigenvalue weighted by Crippen LogP contribution is -2.54. The molecule has 8 nitrogen and oxygen atoms in total. The Bertz CT molecular complexity index is 1070. The van der Waals surface area contributed by atoms with Crippen LogP contribution < -0.4 is 9.47 Å². The molecule has 1 saturated carbocycles. The number of piperidine rings is 1. The monoisotopic (exact) mass is 461 g/mol. The van der Waals surface area contributed by atoms with E-state index in [0.29, 0.717) is 35.4 Å². The minimum atomic E-state index is -4.03. The molecule has 0 unspecified atom stereocenters. The summed E-state index contributed by atoms with van der Waals surface area (Å²) in [7, 11) is 0.397. The first-order valence-electron chi connectivity index (χ1n) is 11.1. The highest BCUT2D eigenvalue weighted by atomic mass is 32.2. The van der Waals surface area contributed by atoms with Gasteiger partial charge in [-0.15, -0.1) is 4.40 Å². The van der Waals surface area contributed by atoms with Crippen LogP contribution in [-0.4, -0.2) is 63.1 Å². The molecule has 0 aromatic heterocycles. The van der Waals surface area contributed by atoms with Crippen LogP contribution in [-0.2, 0) is 15.0 Å². The van der Waals surface area contributed by atoms with Gasteiger partial charge in [-0.05, 0) is 55.4 Å². The fraction of sp³-hybridized carbons (Fsp3) is 0.565. The number of carbonyl (C=O) groups is 1. The van der Waals surface area contributed by atoms with Crippen molar-refractivity contribution in [3.63, 3.8) is 0 Å². The van der Waals surface area contributed by atoms with Gasteiger partial charge in [0.2, 0.25) is 0 Å². The van der Waals surface area contributed by atoms with Crippen LogP contribution >= 0.6 is 0 Å². The number of hydrogen-bond acceptors (Lipinski definition) is 5. The lowest BCUT2D eigenvalue weighted by Gasteiger charge is -2.47. The van der Waals surface area contributed by atoms with Gasteiger partial charge in [0.05, 0.1) is 19.9 Å². The summed E-state index contributed by atoms with van der Waals surface area (Å²) < 4.78 is 41.2. The Labute approximate surface area is 190 Å². The number of hydrogen-bond donors (Lipinski definition) is 0. The van der Waals surface area contributed by atoms with Gasteiger partial charge in [-0.25, -0.2) is 4.31 Å². The Balaban J connectivity index is 1.71. The first-order chi connectivity index (χ1) is 15.3. The van der Waals surface area contributed by atoms with Crippen molar-refractivity contribution in [3.8, 4) is 11.5 Å². The second-order valence-electron chi connectivity index (χ2n) is 8.80. The van der Waals surface area contributed by atoms with Crippen molar-refractivity contribution in [1.29, 1.82) is 0 Å². The van der Waals surface area contributed by atoms with Gasteiger partial charge in [0.1, 0.15) is 5.70 Å². The van der Waals surface area contributed by atoms with E-state index < -0.39 is 10.2 Å². The lowest BCUT2D eigenvalue weighted by molar-refractivity contribution is -0.135. The number of benzene rings is 1. The Morgan fingerprint density at radius 1 is 1.09 bits per heavy atom. The highest BCUT2D eigenvalue weighted by molar-refractivity contribution is 7.88. The molecule has 0 N–H and O–H groups in total. The molecular weight excluding hydrogens is 430 g/mol. The largest absolute Gasteiger partial charge is 0.493 e. The summed E-state index contributed by atoms with van der Waals surface area (Å²) in [6.45, 7) is 2.91. The number of allylic oxidation sites excluding steroid dienone is 1. The fourth-order valence-electron chi connectivity index (χ4n) is 5.20. The van der Waals surface area contributed by atoms with E-state index in [1.165, 1.54) is 27.7 Å². The van der Waals surface area contributed by atoms with Crippen molar-refractivity contribution in [1.82, 2.24) is 9.21 Å². The summed E-state index contributed by atoms with van der Waals surface area (Å²) in [6, 6.07) is 5.23. The minimum Gasteiger partial charge on any atom is -0.493 e. The topological polar surface area (TPSA) is 88.5 Å². The summed E-state index contributed by atoms with van der Waals surface area (Å²) in [6.07, 6.45) is 6.90. The lowest BCUT2D eigenvalue weighted by atomic mass is 9.72. The zero-order valence-corrected chi connectivity index (χ0v) is 19.9. The summed E-state index contributed by atoms with van der Waals surface area (Å²) in [5.41, 5.74) is 0.870. The van der Waals surface area contributed by atoms with Crippen molar-refractivity contribution in [3.05, 3.63) is 35.5 Å². The van der Waals surface area contributed by atoms with Crippen molar-refractivity contribution < 1.29 is 22.7 Å². The van der Waals surface area contributed by atoms with E-state index in [9.17, 15) is 13.2 Å². The molecule has 1 aromatic rings. The van der Waals surface area contributed by atoms with Gasteiger partial charge >= 0.3 is 10.2 Å². The van der Waals surface area contributed by atoms with Gasteiger partial charge in [0.25, 0.3) is 5.91 Å².